The van der Waals surface area contributed by atoms with Gasteiger partial charge in [0.1, 0.15) is 0 Å². The van der Waals surface area contributed by atoms with Gasteiger partial charge in [-0.2, -0.15) is 0 Å². The third kappa shape index (κ3) is 1.44. The van der Waals surface area contributed by atoms with Crippen molar-refractivity contribution in [1.82, 2.24) is 0 Å². The van der Waals surface area contributed by atoms with Gasteiger partial charge in [-0.15, -0.1) is 11.3 Å². The Hall–Kier alpha value is -1.55. The van der Waals surface area contributed by atoms with Crippen LogP contribution in [0, 0.1) is 6.92 Å². The molecule has 2 heterocycles. The first-order valence-electron chi connectivity index (χ1n) is 4.12. The summed E-state index contributed by atoms with van der Waals surface area (Å²) >= 11 is 1.39. The molecule has 0 amide bonds. The predicted molar refractivity (Wildman–Crippen MR) is 55.6 cm³/mol. The molecule has 0 aliphatic rings. The maximum Gasteiger partial charge on any atom is 0.238 e. The number of ketones is 1. The zero-order valence-corrected chi connectivity index (χ0v) is 8.43. The van der Waals surface area contributed by atoms with Crippen LogP contribution in [-0.2, 0) is 0 Å². The minimum atomic E-state index is -0.111. The normalized spacial score (nSPS) is 10.4. The molecule has 0 saturated carbocycles. The quantitative estimate of drug-likeness (QED) is 0.769. The summed E-state index contributed by atoms with van der Waals surface area (Å²) in [7, 11) is 0. The van der Waals surface area contributed by atoms with Gasteiger partial charge in [0.15, 0.2) is 5.76 Å². The Kier molecular flexibility index (Phi) is 2.13. The standard InChI is InChI=1S/C10H9NO2S/c1-6-7(11)5-9(14-6)10(12)8-3-2-4-13-8/h2-5H,11H2,1H3. The lowest BCUT2D eigenvalue weighted by Crippen LogP contribution is -1.95. The average Bonchev–Trinajstić information content (AvgIpc) is 2.76. The number of furan rings is 1. The molecule has 0 atom stereocenters. The summed E-state index contributed by atoms with van der Waals surface area (Å²) in [5, 5.41) is 0. The zero-order valence-electron chi connectivity index (χ0n) is 7.61. The third-order valence-electron chi connectivity index (χ3n) is 1.92. The molecule has 3 nitrogen and oxygen atoms in total. The fourth-order valence-electron chi connectivity index (χ4n) is 1.14. The van der Waals surface area contributed by atoms with E-state index in [0.29, 0.717) is 16.3 Å². The zero-order chi connectivity index (χ0) is 10.1. The Bertz CT molecular complexity index is 437. The molecule has 72 valence electrons. The number of hydrogen-bond acceptors (Lipinski definition) is 4. The van der Waals surface area contributed by atoms with Crippen LogP contribution in [0.3, 0.4) is 0 Å². The molecule has 2 rings (SSSR count). The summed E-state index contributed by atoms with van der Waals surface area (Å²) < 4.78 is 5.02. The van der Waals surface area contributed by atoms with Gasteiger partial charge in [0.05, 0.1) is 11.1 Å². The van der Waals surface area contributed by atoms with Gasteiger partial charge < -0.3 is 10.2 Å². The lowest BCUT2D eigenvalue weighted by molar-refractivity contribution is 0.101. The van der Waals surface area contributed by atoms with Crippen molar-refractivity contribution in [2.45, 2.75) is 6.92 Å². The van der Waals surface area contributed by atoms with Crippen molar-refractivity contribution in [2.75, 3.05) is 5.73 Å². The highest BCUT2D eigenvalue weighted by Crippen LogP contribution is 2.25. The predicted octanol–water partition coefficient (Wildman–Crippen LogP) is 2.46. The Balaban J connectivity index is 2.37. The van der Waals surface area contributed by atoms with Crippen LogP contribution in [-0.4, -0.2) is 5.78 Å². The molecule has 0 fully saturated rings. The number of aryl methyl sites for hydroxylation is 1. The minimum absolute atomic E-state index is 0.111. The van der Waals surface area contributed by atoms with Crippen LogP contribution in [0.1, 0.15) is 20.3 Å². The smallest absolute Gasteiger partial charge is 0.238 e. The van der Waals surface area contributed by atoms with Crippen molar-refractivity contribution in [1.29, 1.82) is 0 Å². The van der Waals surface area contributed by atoms with Gasteiger partial charge in [-0.05, 0) is 25.1 Å². The second-order valence-electron chi connectivity index (χ2n) is 2.93. The van der Waals surface area contributed by atoms with Crippen molar-refractivity contribution in [2.24, 2.45) is 0 Å². The molecule has 0 bridgehead atoms. The SMILES string of the molecule is Cc1sc(C(=O)c2ccco2)cc1N. The Morgan fingerprint density at radius 2 is 2.36 bits per heavy atom. The number of nitrogens with two attached hydrogens (primary N) is 1. The first-order chi connectivity index (χ1) is 6.68. The summed E-state index contributed by atoms with van der Waals surface area (Å²) in [5.74, 6) is 0.242. The number of nitrogen functional groups attached to an aromatic ring is 1. The van der Waals surface area contributed by atoms with Crippen LogP contribution in [0.15, 0.2) is 28.9 Å². The topological polar surface area (TPSA) is 56.2 Å². The minimum Gasteiger partial charge on any atom is -0.461 e. The highest BCUT2D eigenvalue weighted by Gasteiger charge is 2.15. The maximum absolute atomic E-state index is 11.7. The van der Waals surface area contributed by atoms with E-state index in [0.717, 1.165) is 4.88 Å². The van der Waals surface area contributed by atoms with Crippen LogP contribution in [0.25, 0.3) is 0 Å². The molecule has 2 aromatic rings. The summed E-state index contributed by atoms with van der Waals surface area (Å²) in [5.41, 5.74) is 6.32. The van der Waals surface area contributed by atoms with Crippen molar-refractivity contribution in [3.05, 3.63) is 40.0 Å². The fourth-order valence-corrected chi connectivity index (χ4v) is 2.02. The van der Waals surface area contributed by atoms with Gasteiger partial charge in [-0.25, -0.2) is 0 Å². The van der Waals surface area contributed by atoms with E-state index in [4.69, 9.17) is 10.2 Å². The second-order valence-corrected chi connectivity index (χ2v) is 4.18. The molecule has 0 aliphatic carbocycles. The average molecular weight is 207 g/mol. The molecule has 0 aliphatic heterocycles. The van der Waals surface area contributed by atoms with Gasteiger partial charge in [0.2, 0.25) is 5.78 Å². The monoisotopic (exact) mass is 207 g/mol. The van der Waals surface area contributed by atoms with Gasteiger partial charge in [-0.1, -0.05) is 0 Å². The summed E-state index contributed by atoms with van der Waals surface area (Å²) in [6, 6.07) is 5.02. The first kappa shape index (κ1) is 9.02. The Labute approximate surface area is 85.2 Å². The van der Waals surface area contributed by atoms with Crippen molar-refractivity contribution in [3.63, 3.8) is 0 Å². The van der Waals surface area contributed by atoms with Crippen molar-refractivity contribution in [3.8, 4) is 0 Å². The van der Waals surface area contributed by atoms with Crippen LogP contribution in [0.4, 0.5) is 5.69 Å². The number of carbonyl (C=O) groups is 1. The maximum atomic E-state index is 11.7. The molecule has 0 saturated heterocycles. The molecular formula is C10H9NO2S. The molecule has 2 aromatic heterocycles. The highest BCUT2D eigenvalue weighted by atomic mass is 32.1. The van der Waals surface area contributed by atoms with E-state index in [1.807, 2.05) is 6.92 Å². The Morgan fingerprint density at radius 1 is 1.57 bits per heavy atom. The van der Waals surface area contributed by atoms with Gasteiger partial charge >= 0.3 is 0 Å². The largest absolute Gasteiger partial charge is 0.461 e. The summed E-state index contributed by atoms with van der Waals surface area (Å²) in [6.45, 7) is 1.89. The molecule has 0 spiro atoms. The van der Waals surface area contributed by atoms with Crippen LogP contribution in [0.2, 0.25) is 0 Å². The van der Waals surface area contributed by atoms with Crippen molar-refractivity contribution >= 4 is 22.8 Å². The van der Waals surface area contributed by atoms with Crippen LogP contribution >= 0.6 is 11.3 Å². The number of carbonyl (C=O) groups excluding carboxylic acids is 1. The number of rotatable bonds is 2. The van der Waals surface area contributed by atoms with E-state index in [2.05, 4.69) is 0 Å². The van der Waals surface area contributed by atoms with Crippen LogP contribution in [0.5, 0.6) is 0 Å². The summed E-state index contributed by atoms with van der Waals surface area (Å²) in [4.78, 5) is 13.3. The van der Waals surface area contributed by atoms with E-state index < -0.39 is 0 Å². The highest BCUT2D eigenvalue weighted by molar-refractivity contribution is 7.14. The molecule has 4 heteroatoms. The molecule has 0 radical (unpaired) electrons. The van der Waals surface area contributed by atoms with E-state index in [1.165, 1.54) is 17.6 Å². The molecule has 2 N–H and O–H groups in total. The number of hydrogen-bond donors (Lipinski definition) is 1. The molecule has 0 unspecified atom stereocenters. The van der Waals surface area contributed by atoms with E-state index >= 15 is 0 Å². The van der Waals surface area contributed by atoms with E-state index in [-0.39, 0.29) is 5.78 Å². The Morgan fingerprint density at radius 3 is 2.86 bits per heavy atom. The number of anilines is 1. The lowest BCUT2D eigenvalue weighted by Gasteiger charge is -1.89. The third-order valence-corrected chi connectivity index (χ3v) is 2.99. The van der Waals surface area contributed by atoms with Gasteiger partial charge in [0.25, 0.3) is 0 Å². The van der Waals surface area contributed by atoms with E-state index in [9.17, 15) is 4.79 Å². The van der Waals surface area contributed by atoms with Gasteiger partial charge in [0, 0.05) is 10.6 Å². The molecule has 14 heavy (non-hydrogen) atoms. The fraction of sp³-hybridized carbons (Fsp3) is 0.100. The molecule has 0 aromatic carbocycles. The number of thiophene rings is 1. The van der Waals surface area contributed by atoms with Crippen molar-refractivity contribution < 1.29 is 9.21 Å². The van der Waals surface area contributed by atoms with Crippen LogP contribution < -0.4 is 5.73 Å². The van der Waals surface area contributed by atoms with E-state index in [1.54, 1.807) is 18.2 Å². The lowest BCUT2D eigenvalue weighted by atomic mass is 10.2. The van der Waals surface area contributed by atoms with Gasteiger partial charge in [-0.3, -0.25) is 4.79 Å². The summed E-state index contributed by atoms with van der Waals surface area (Å²) in [6.07, 6.45) is 1.48. The second kappa shape index (κ2) is 3.31. The first-order valence-corrected chi connectivity index (χ1v) is 4.94. The molecular weight excluding hydrogens is 198 g/mol.